The van der Waals surface area contributed by atoms with E-state index in [2.05, 4.69) is 4.42 Å². The fraction of sp³-hybridized carbons (Fsp3) is 0.333. The molecule has 80 valence electrons. The predicted octanol–water partition coefficient (Wildman–Crippen LogP) is 1.58. The van der Waals surface area contributed by atoms with Gasteiger partial charge >= 0.3 is 11.6 Å². The number of halogens is 1. The highest BCUT2D eigenvalue weighted by atomic mass is 35.5. The number of cyclic esters (lactones) is 1. The Morgan fingerprint density at radius 3 is 2.60 bits per heavy atom. The van der Waals surface area contributed by atoms with Crippen LogP contribution in [0.1, 0.15) is 24.2 Å². The summed E-state index contributed by atoms with van der Waals surface area (Å²) in [6.45, 7) is 3.10. The maximum Gasteiger partial charge on any atom is 0.355 e. The first kappa shape index (κ1) is 10.0. The number of rotatable bonds is 0. The number of ether oxygens (including phenoxy) is 2. The lowest BCUT2D eigenvalue weighted by molar-refractivity contribution is -0.128. The third kappa shape index (κ3) is 1.70. The number of carbonyl (C=O) groups excluding carboxylic acids is 1. The molecule has 0 amide bonds. The van der Waals surface area contributed by atoms with E-state index in [0.29, 0.717) is 0 Å². The van der Waals surface area contributed by atoms with Crippen molar-refractivity contribution in [1.29, 1.82) is 0 Å². The Labute approximate surface area is 89.5 Å². The highest BCUT2D eigenvalue weighted by molar-refractivity contribution is 6.29. The minimum absolute atomic E-state index is 0.0810. The maximum absolute atomic E-state index is 11.4. The fourth-order valence-electron chi connectivity index (χ4n) is 1.27. The first-order chi connectivity index (χ1) is 6.89. The number of carbonyl (C=O) groups is 1. The second-order valence-electron chi connectivity index (χ2n) is 3.47. The summed E-state index contributed by atoms with van der Waals surface area (Å²) in [7, 11) is 0. The van der Waals surface area contributed by atoms with Crippen molar-refractivity contribution in [2.24, 2.45) is 0 Å². The van der Waals surface area contributed by atoms with Gasteiger partial charge in [0, 0.05) is 19.9 Å². The zero-order chi connectivity index (χ0) is 11.2. The van der Waals surface area contributed by atoms with Gasteiger partial charge in [-0.15, -0.1) is 0 Å². The van der Waals surface area contributed by atoms with Crippen molar-refractivity contribution < 1.29 is 18.7 Å². The monoisotopic (exact) mass is 230 g/mol. The Balaban J connectivity index is 2.65. The molecule has 0 bridgehead atoms. The number of fused-ring (bicyclic) bond motifs is 1. The second kappa shape index (κ2) is 3.00. The average Bonchev–Trinajstić information content (AvgIpc) is 1.97. The van der Waals surface area contributed by atoms with Gasteiger partial charge in [-0.2, -0.15) is 0 Å². The second-order valence-corrected chi connectivity index (χ2v) is 3.84. The summed E-state index contributed by atoms with van der Waals surface area (Å²) in [6, 6.07) is 1.26. The molecule has 0 radical (unpaired) electrons. The summed E-state index contributed by atoms with van der Waals surface area (Å²) in [5.41, 5.74) is -1.13. The molecule has 6 heteroatoms. The molecular weight excluding hydrogens is 224 g/mol. The minimum Gasteiger partial charge on any atom is -0.451 e. The summed E-state index contributed by atoms with van der Waals surface area (Å²) in [5.74, 6) is -1.80. The Morgan fingerprint density at radius 1 is 1.27 bits per heavy atom. The van der Waals surface area contributed by atoms with Crippen molar-refractivity contribution in [1.82, 2.24) is 0 Å². The molecule has 0 atom stereocenters. The molecule has 1 aromatic heterocycles. The van der Waals surface area contributed by atoms with Crippen LogP contribution in [0.3, 0.4) is 0 Å². The Kier molecular flexibility index (Phi) is 2.01. The van der Waals surface area contributed by atoms with E-state index in [1.54, 1.807) is 13.8 Å². The van der Waals surface area contributed by atoms with Gasteiger partial charge in [0.2, 0.25) is 11.0 Å². The third-order valence-electron chi connectivity index (χ3n) is 1.78. The molecule has 0 spiro atoms. The summed E-state index contributed by atoms with van der Waals surface area (Å²) in [5, 5.41) is -0.135. The molecule has 2 rings (SSSR count). The van der Waals surface area contributed by atoms with E-state index >= 15 is 0 Å². The zero-order valence-electron chi connectivity index (χ0n) is 8.00. The lowest BCUT2D eigenvalue weighted by Gasteiger charge is -2.30. The van der Waals surface area contributed by atoms with Gasteiger partial charge < -0.3 is 13.9 Å². The Bertz CT molecular complexity index is 488. The normalized spacial score (nSPS) is 17.7. The van der Waals surface area contributed by atoms with E-state index < -0.39 is 17.4 Å². The van der Waals surface area contributed by atoms with Gasteiger partial charge in [-0.25, -0.2) is 9.59 Å². The lowest BCUT2D eigenvalue weighted by Crippen LogP contribution is -2.41. The van der Waals surface area contributed by atoms with Crippen LogP contribution in [0.5, 0.6) is 5.75 Å². The molecule has 0 aliphatic carbocycles. The van der Waals surface area contributed by atoms with Gasteiger partial charge in [0.05, 0.1) is 0 Å². The smallest absolute Gasteiger partial charge is 0.355 e. The summed E-state index contributed by atoms with van der Waals surface area (Å²) >= 11 is 5.52. The van der Waals surface area contributed by atoms with Gasteiger partial charge in [0.15, 0.2) is 11.3 Å². The fourth-order valence-corrected chi connectivity index (χ4v) is 1.44. The molecule has 5 nitrogen and oxygen atoms in total. The third-order valence-corrected chi connectivity index (χ3v) is 1.97. The molecule has 2 heterocycles. The highest BCUT2D eigenvalue weighted by Gasteiger charge is 2.36. The van der Waals surface area contributed by atoms with Crippen LogP contribution in [0.15, 0.2) is 15.3 Å². The van der Waals surface area contributed by atoms with E-state index in [1.807, 2.05) is 0 Å². The van der Waals surface area contributed by atoms with Crippen molar-refractivity contribution in [3.8, 4) is 5.75 Å². The standard InChI is InChI=1S/C9H7ClO5/c1-9(2)14-4-3-5(10)13-7(11)6(4)8(12)15-9/h3H,1-2H3. The highest BCUT2D eigenvalue weighted by Crippen LogP contribution is 2.30. The molecule has 1 aliphatic heterocycles. The minimum atomic E-state index is -1.11. The van der Waals surface area contributed by atoms with Crippen LogP contribution >= 0.6 is 11.6 Å². The van der Waals surface area contributed by atoms with Crippen molar-refractivity contribution in [3.63, 3.8) is 0 Å². The molecule has 15 heavy (non-hydrogen) atoms. The van der Waals surface area contributed by atoms with E-state index in [4.69, 9.17) is 21.1 Å². The number of esters is 1. The van der Waals surface area contributed by atoms with Crippen LogP contribution in [0.4, 0.5) is 0 Å². The molecule has 1 aliphatic rings. The van der Waals surface area contributed by atoms with Crippen LogP contribution in [0, 0.1) is 0 Å². The van der Waals surface area contributed by atoms with Crippen LogP contribution in [0.25, 0.3) is 0 Å². The number of hydrogen-bond acceptors (Lipinski definition) is 5. The molecule has 0 unspecified atom stereocenters. The van der Waals surface area contributed by atoms with E-state index in [0.717, 1.165) is 0 Å². The van der Waals surface area contributed by atoms with Gasteiger partial charge in [0.25, 0.3) is 0 Å². The molecule has 0 saturated heterocycles. The first-order valence-electron chi connectivity index (χ1n) is 4.15. The number of hydrogen-bond donors (Lipinski definition) is 0. The van der Waals surface area contributed by atoms with Crippen molar-refractivity contribution in [2.45, 2.75) is 19.6 Å². The van der Waals surface area contributed by atoms with E-state index in [-0.39, 0.29) is 16.5 Å². The van der Waals surface area contributed by atoms with Gasteiger partial charge in [0.1, 0.15) is 0 Å². The Morgan fingerprint density at radius 2 is 1.93 bits per heavy atom. The van der Waals surface area contributed by atoms with Crippen molar-refractivity contribution >= 4 is 17.6 Å². The average molecular weight is 231 g/mol. The zero-order valence-corrected chi connectivity index (χ0v) is 8.75. The topological polar surface area (TPSA) is 65.7 Å². The van der Waals surface area contributed by atoms with E-state index in [1.165, 1.54) is 6.07 Å². The Hall–Kier alpha value is -1.49. The molecule has 0 fully saturated rings. The summed E-state index contributed by atoms with van der Waals surface area (Å²) in [6.07, 6.45) is 0. The molecule has 1 aromatic rings. The maximum atomic E-state index is 11.4. The van der Waals surface area contributed by atoms with Gasteiger partial charge in [-0.3, -0.25) is 0 Å². The van der Waals surface area contributed by atoms with Crippen molar-refractivity contribution in [3.05, 3.63) is 27.3 Å². The SMILES string of the molecule is CC1(C)OC(=O)c2c(cc(Cl)oc2=O)O1. The van der Waals surface area contributed by atoms with Crippen LogP contribution < -0.4 is 10.4 Å². The lowest BCUT2D eigenvalue weighted by atomic mass is 10.2. The predicted molar refractivity (Wildman–Crippen MR) is 50.1 cm³/mol. The molecular formula is C9H7ClO5. The van der Waals surface area contributed by atoms with Gasteiger partial charge in [-0.05, 0) is 11.6 Å². The van der Waals surface area contributed by atoms with Gasteiger partial charge in [-0.1, -0.05) is 0 Å². The van der Waals surface area contributed by atoms with Crippen LogP contribution in [-0.2, 0) is 4.74 Å². The van der Waals surface area contributed by atoms with E-state index in [9.17, 15) is 9.59 Å². The van der Waals surface area contributed by atoms with Crippen LogP contribution in [0.2, 0.25) is 5.22 Å². The quantitative estimate of drug-likeness (QED) is 0.633. The van der Waals surface area contributed by atoms with Crippen molar-refractivity contribution in [2.75, 3.05) is 0 Å². The summed E-state index contributed by atoms with van der Waals surface area (Å²) in [4.78, 5) is 22.7. The summed E-state index contributed by atoms with van der Waals surface area (Å²) < 4.78 is 14.7. The molecule has 0 aromatic carbocycles. The van der Waals surface area contributed by atoms with Crippen LogP contribution in [-0.4, -0.2) is 11.8 Å². The molecule has 0 saturated carbocycles. The largest absolute Gasteiger partial charge is 0.451 e. The first-order valence-corrected chi connectivity index (χ1v) is 4.53. The molecule has 0 N–H and O–H groups in total.